The molecule has 1 nitrogen and oxygen atoms in total. The van der Waals surface area contributed by atoms with Gasteiger partial charge in [0.2, 0.25) is 0 Å². The maximum atomic E-state index is 2.82. The summed E-state index contributed by atoms with van der Waals surface area (Å²) in [5, 5.41) is 0. The lowest BCUT2D eigenvalue weighted by Crippen LogP contribution is -2.56. The number of hydrogen-bond acceptors (Lipinski definition) is 1. The van der Waals surface area contributed by atoms with Crippen LogP contribution in [0.3, 0.4) is 0 Å². The van der Waals surface area contributed by atoms with Gasteiger partial charge in [0.25, 0.3) is 0 Å². The molecular weight excluding hydrogens is 230 g/mol. The Bertz CT molecular complexity index is 255. The Labute approximate surface area is 121 Å². The minimum absolute atomic E-state index is 0.458. The van der Waals surface area contributed by atoms with Crippen molar-refractivity contribution >= 4 is 0 Å². The zero-order valence-electron chi connectivity index (χ0n) is 13.6. The van der Waals surface area contributed by atoms with Gasteiger partial charge in [-0.1, -0.05) is 57.8 Å². The van der Waals surface area contributed by atoms with Crippen molar-refractivity contribution in [3.8, 4) is 0 Å². The first kappa shape index (κ1) is 15.4. The minimum Gasteiger partial charge on any atom is -0.296 e. The van der Waals surface area contributed by atoms with Gasteiger partial charge in [0.15, 0.2) is 0 Å². The van der Waals surface area contributed by atoms with E-state index in [-0.39, 0.29) is 0 Å². The van der Waals surface area contributed by atoms with Crippen LogP contribution in [-0.4, -0.2) is 23.0 Å². The van der Waals surface area contributed by atoms with E-state index < -0.39 is 0 Å². The first-order valence-electron chi connectivity index (χ1n) is 8.81. The molecule has 2 rings (SSSR count). The summed E-state index contributed by atoms with van der Waals surface area (Å²) >= 11 is 0. The molecule has 0 heterocycles. The highest BCUT2D eigenvalue weighted by molar-refractivity contribution is 4.96. The number of nitrogens with zero attached hydrogens (tertiary/aromatic N) is 1. The largest absolute Gasteiger partial charge is 0.296 e. The van der Waals surface area contributed by atoms with Crippen molar-refractivity contribution in [2.45, 2.75) is 108 Å². The molecule has 0 amide bonds. The molecule has 0 bridgehead atoms. The maximum Gasteiger partial charge on any atom is 0.0183 e. The van der Waals surface area contributed by atoms with E-state index in [1.165, 1.54) is 83.5 Å². The Hall–Kier alpha value is -0.0400. The zero-order valence-corrected chi connectivity index (χ0v) is 13.6. The lowest BCUT2D eigenvalue weighted by atomic mass is 9.79. The molecule has 112 valence electrons. The molecule has 0 spiro atoms. The summed E-state index contributed by atoms with van der Waals surface area (Å²) in [5.41, 5.74) is 0.921. The third-order valence-corrected chi connectivity index (χ3v) is 6.23. The molecule has 0 unspecified atom stereocenters. The molecule has 0 radical (unpaired) electrons. The molecule has 2 aliphatic carbocycles. The molecule has 0 aromatic carbocycles. The van der Waals surface area contributed by atoms with E-state index in [1.807, 2.05) is 0 Å². The number of rotatable bonds is 2. The van der Waals surface area contributed by atoms with Crippen molar-refractivity contribution in [2.24, 2.45) is 0 Å². The average Bonchev–Trinajstić information content (AvgIpc) is 2.59. The second-order valence-electron chi connectivity index (χ2n) is 7.73. The fraction of sp³-hybridized carbons (Fsp3) is 1.00. The van der Waals surface area contributed by atoms with Gasteiger partial charge in [-0.25, -0.2) is 0 Å². The van der Waals surface area contributed by atoms with E-state index in [0.29, 0.717) is 11.1 Å². The Balaban J connectivity index is 2.07. The van der Waals surface area contributed by atoms with E-state index in [9.17, 15) is 0 Å². The lowest BCUT2D eigenvalue weighted by molar-refractivity contribution is -0.00410. The summed E-state index contributed by atoms with van der Waals surface area (Å²) in [6, 6.07) is 0. The van der Waals surface area contributed by atoms with Gasteiger partial charge in [0, 0.05) is 11.1 Å². The molecule has 0 aromatic rings. The van der Waals surface area contributed by atoms with Gasteiger partial charge in [-0.15, -0.1) is 0 Å². The molecule has 0 aliphatic heterocycles. The van der Waals surface area contributed by atoms with E-state index in [4.69, 9.17) is 0 Å². The minimum atomic E-state index is 0.458. The lowest BCUT2D eigenvalue weighted by Gasteiger charge is -2.51. The van der Waals surface area contributed by atoms with Gasteiger partial charge < -0.3 is 0 Å². The van der Waals surface area contributed by atoms with Crippen LogP contribution in [0.4, 0.5) is 0 Å². The molecule has 0 aromatic heterocycles. The maximum absolute atomic E-state index is 2.82. The fourth-order valence-corrected chi connectivity index (χ4v) is 4.48. The molecule has 0 N–H and O–H groups in total. The second kappa shape index (κ2) is 6.61. The Morgan fingerprint density at radius 2 is 0.789 bits per heavy atom. The zero-order chi connectivity index (χ0) is 13.8. The highest BCUT2D eigenvalue weighted by Gasteiger charge is 2.40. The predicted octanol–water partition coefficient (Wildman–Crippen LogP) is 5.53. The van der Waals surface area contributed by atoms with Gasteiger partial charge in [-0.3, -0.25) is 4.90 Å². The van der Waals surface area contributed by atoms with E-state index >= 15 is 0 Å². The van der Waals surface area contributed by atoms with Crippen molar-refractivity contribution in [1.29, 1.82) is 0 Å². The van der Waals surface area contributed by atoms with E-state index in [2.05, 4.69) is 25.8 Å². The van der Waals surface area contributed by atoms with Crippen LogP contribution in [0, 0.1) is 0 Å². The topological polar surface area (TPSA) is 3.24 Å². The molecule has 2 saturated carbocycles. The van der Waals surface area contributed by atoms with Crippen molar-refractivity contribution in [2.75, 3.05) is 7.05 Å². The summed E-state index contributed by atoms with van der Waals surface area (Å²) in [7, 11) is 2.44. The smallest absolute Gasteiger partial charge is 0.0183 e. The summed E-state index contributed by atoms with van der Waals surface area (Å²) < 4.78 is 0. The van der Waals surface area contributed by atoms with Crippen LogP contribution in [0.25, 0.3) is 0 Å². The molecule has 2 fully saturated rings. The average molecular weight is 265 g/mol. The van der Waals surface area contributed by atoms with E-state index in [0.717, 1.165) is 0 Å². The van der Waals surface area contributed by atoms with Crippen molar-refractivity contribution in [3.05, 3.63) is 0 Å². The third kappa shape index (κ3) is 3.74. The first-order valence-corrected chi connectivity index (χ1v) is 8.81. The van der Waals surface area contributed by atoms with Gasteiger partial charge in [-0.2, -0.15) is 0 Å². The molecule has 0 saturated heterocycles. The van der Waals surface area contributed by atoms with Crippen LogP contribution in [-0.2, 0) is 0 Å². The summed E-state index contributed by atoms with van der Waals surface area (Å²) in [6.07, 6.45) is 18.7. The van der Waals surface area contributed by atoms with Crippen LogP contribution in [0.1, 0.15) is 97.3 Å². The normalized spacial score (nSPS) is 28.4. The Morgan fingerprint density at radius 1 is 0.526 bits per heavy atom. The van der Waals surface area contributed by atoms with Gasteiger partial charge in [-0.05, 0) is 46.6 Å². The monoisotopic (exact) mass is 265 g/mol. The van der Waals surface area contributed by atoms with Crippen molar-refractivity contribution in [1.82, 2.24) is 4.90 Å². The molecule has 1 heteroatoms. The molecule has 2 aliphatic rings. The Morgan fingerprint density at radius 3 is 1.11 bits per heavy atom. The second-order valence-corrected chi connectivity index (χ2v) is 7.73. The standard InChI is InChI=1S/C18H35N/c1-17(13-9-5-4-6-10-14-17)19(3)18(2)15-11-7-8-12-16-18/h4-16H2,1-3H3. The molecular formula is C18H35N. The fourth-order valence-electron chi connectivity index (χ4n) is 4.48. The molecule has 19 heavy (non-hydrogen) atoms. The van der Waals surface area contributed by atoms with E-state index in [1.54, 1.807) is 0 Å². The first-order chi connectivity index (χ1) is 9.07. The SMILES string of the molecule is CN(C1(C)CCCCCCC1)C1(C)CCCCCC1. The van der Waals surface area contributed by atoms with Crippen LogP contribution < -0.4 is 0 Å². The van der Waals surface area contributed by atoms with Crippen molar-refractivity contribution < 1.29 is 0 Å². The van der Waals surface area contributed by atoms with Gasteiger partial charge >= 0.3 is 0 Å². The molecule has 0 atom stereocenters. The number of hydrogen-bond donors (Lipinski definition) is 0. The van der Waals surface area contributed by atoms with Crippen molar-refractivity contribution in [3.63, 3.8) is 0 Å². The van der Waals surface area contributed by atoms with Crippen LogP contribution in [0.15, 0.2) is 0 Å². The summed E-state index contributed by atoms with van der Waals surface area (Å²) in [5.74, 6) is 0. The van der Waals surface area contributed by atoms with Crippen LogP contribution in [0.2, 0.25) is 0 Å². The summed E-state index contributed by atoms with van der Waals surface area (Å²) in [4.78, 5) is 2.82. The van der Waals surface area contributed by atoms with Crippen LogP contribution >= 0.6 is 0 Å². The van der Waals surface area contributed by atoms with Gasteiger partial charge in [0.1, 0.15) is 0 Å². The third-order valence-electron chi connectivity index (χ3n) is 6.23. The van der Waals surface area contributed by atoms with Crippen LogP contribution in [0.5, 0.6) is 0 Å². The summed E-state index contributed by atoms with van der Waals surface area (Å²) in [6.45, 7) is 5.09. The Kier molecular flexibility index (Phi) is 5.34. The van der Waals surface area contributed by atoms with Gasteiger partial charge in [0.05, 0.1) is 0 Å². The quantitative estimate of drug-likeness (QED) is 0.593. The predicted molar refractivity (Wildman–Crippen MR) is 84.6 cm³/mol. The highest BCUT2D eigenvalue weighted by atomic mass is 15.2. The highest BCUT2D eigenvalue weighted by Crippen LogP contribution is 2.40.